The number of halogens is 3. The molecule has 0 aliphatic heterocycles. The number of hydrogen-bond acceptors (Lipinski definition) is 6. The molecule has 0 amide bonds. The fraction of sp³-hybridized carbons (Fsp3) is 0.167. The van der Waals surface area contributed by atoms with E-state index in [1.165, 1.54) is 32.8 Å². The molecule has 0 fully saturated rings. The summed E-state index contributed by atoms with van der Waals surface area (Å²) in [6.45, 7) is 0. The molecule has 0 aliphatic carbocycles. The predicted octanol–water partition coefficient (Wildman–Crippen LogP) is 4.96. The van der Waals surface area contributed by atoms with Gasteiger partial charge in [0, 0.05) is 18.1 Å². The summed E-state index contributed by atoms with van der Waals surface area (Å²) >= 11 is 0. The van der Waals surface area contributed by atoms with Crippen molar-refractivity contribution in [1.29, 1.82) is 0 Å². The van der Waals surface area contributed by atoms with Gasteiger partial charge in [-0.3, -0.25) is 0 Å². The number of benzene rings is 1. The summed E-state index contributed by atoms with van der Waals surface area (Å²) in [5.74, 6) is 0.451. The molecule has 3 nitrogen and oxygen atoms in total. The molecule has 0 aliphatic rings. The number of ether oxygens (including phenoxy) is 1. The first kappa shape index (κ1) is 16.3. The Morgan fingerprint density at radius 3 is 2.33 bits per heavy atom. The second-order valence-electron chi connectivity index (χ2n) is 3.64. The van der Waals surface area contributed by atoms with Crippen LogP contribution in [0.1, 0.15) is 5.56 Å². The smallest absolute Gasteiger partial charge is 0.406 e. The first-order valence-corrected chi connectivity index (χ1v) is 9.26. The molecular weight excluding hydrogens is 341 g/mol. The van der Waals surface area contributed by atoms with Crippen LogP contribution in [0, 0.1) is 0 Å². The number of rotatable bonds is 6. The van der Waals surface area contributed by atoms with E-state index in [1.807, 2.05) is 0 Å². The van der Waals surface area contributed by atoms with E-state index in [2.05, 4.69) is 14.7 Å². The van der Waals surface area contributed by atoms with Crippen LogP contribution in [-0.4, -0.2) is 16.3 Å². The minimum atomic E-state index is -4.65. The molecule has 0 atom stereocenters. The molecule has 2 rings (SSSR count). The first-order valence-electron chi connectivity index (χ1n) is 5.61. The van der Waals surface area contributed by atoms with Crippen LogP contribution in [0.5, 0.6) is 5.75 Å². The molecule has 2 aromatic rings. The van der Waals surface area contributed by atoms with Gasteiger partial charge in [0.1, 0.15) is 5.75 Å². The zero-order valence-electron chi connectivity index (χ0n) is 10.4. The van der Waals surface area contributed by atoms with Crippen LogP contribution in [0.15, 0.2) is 47.9 Å². The van der Waals surface area contributed by atoms with Crippen LogP contribution in [0.25, 0.3) is 0 Å². The van der Waals surface area contributed by atoms with Crippen LogP contribution in [0.2, 0.25) is 0 Å². The van der Waals surface area contributed by atoms with E-state index in [9.17, 15) is 13.2 Å². The van der Waals surface area contributed by atoms with E-state index in [1.54, 1.807) is 41.4 Å². The number of alkyl halides is 3. The number of aromatic nitrogens is 2. The van der Waals surface area contributed by atoms with Crippen molar-refractivity contribution in [2.24, 2.45) is 0 Å². The summed E-state index contributed by atoms with van der Waals surface area (Å²) in [6.07, 6.45) is -1.32. The van der Waals surface area contributed by atoms with E-state index in [0.717, 1.165) is 5.56 Å². The SMILES string of the molecule is FC(F)(F)Oc1ccc(CSSSc2ncccn2)cc1. The largest absolute Gasteiger partial charge is 0.573 e. The maximum atomic E-state index is 12.0. The monoisotopic (exact) mass is 350 g/mol. The lowest BCUT2D eigenvalue weighted by Crippen LogP contribution is -2.16. The van der Waals surface area contributed by atoms with E-state index in [-0.39, 0.29) is 5.75 Å². The molecule has 9 heteroatoms. The molecule has 0 unspecified atom stereocenters. The van der Waals surface area contributed by atoms with E-state index in [0.29, 0.717) is 10.9 Å². The van der Waals surface area contributed by atoms with Crippen molar-refractivity contribution in [3.05, 3.63) is 48.3 Å². The molecule has 1 aromatic heterocycles. The van der Waals surface area contributed by atoms with Gasteiger partial charge in [-0.15, -0.1) is 13.2 Å². The lowest BCUT2D eigenvalue weighted by molar-refractivity contribution is -0.274. The molecule has 0 saturated heterocycles. The van der Waals surface area contributed by atoms with Crippen LogP contribution in [0.3, 0.4) is 0 Å². The van der Waals surface area contributed by atoms with Crippen LogP contribution in [0.4, 0.5) is 13.2 Å². The summed E-state index contributed by atoms with van der Waals surface area (Å²) in [6, 6.07) is 7.58. The third kappa shape index (κ3) is 6.49. The Morgan fingerprint density at radius 1 is 1.05 bits per heavy atom. The molecule has 0 bridgehead atoms. The van der Waals surface area contributed by atoms with Gasteiger partial charge in [0.25, 0.3) is 0 Å². The van der Waals surface area contributed by atoms with Crippen molar-refractivity contribution in [3.8, 4) is 5.75 Å². The van der Waals surface area contributed by atoms with E-state index in [4.69, 9.17) is 0 Å². The molecule has 0 spiro atoms. The zero-order chi connectivity index (χ0) is 15.1. The molecule has 112 valence electrons. The topological polar surface area (TPSA) is 35.0 Å². The minimum Gasteiger partial charge on any atom is -0.406 e. The van der Waals surface area contributed by atoms with Crippen LogP contribution < -0.4 is 4.74 Å². The predicted molar refractivity (Wildman–Crippen MR) is 79.9 cm³/mol. The highest BCUT2D eigenvalue weighted by Gasteiger charge is 2.30. The fourth-order valence-electron chi connectivity index (χ4n) is 1.26. The highest BCUT2D eigenvalue weighted by atomic mass is 33.5. The summed E-state index contributed by atoms with van der Waals surface area (Å²) < 4.78 is 39.8. The molecule has 1 aromatic carbocycles. The van der Waals surface area contributed by atoms with E-state index >= 15 is 0 Å². The van der Waals surface area contributed by atoms with Gasteiger partial charge in [0.05, 0.1) is 0 Å². The standard InChI is InChI=1S/C12H9F3N2OS3/c13-12(14,15)18-10-4-2-9(3-5-10)8-19-21-20-11-16-6-1-7-17-11/h1-7H,8H2. The highest BCUT2D eigenvalue weighted by Crippen LogP contribution is 2.40. The lowest BCUT2D eigenvalue weighted by Gasteiger charge is -2.09. The Hall–Kier alpha value is -1.06. The van der Waals surface area contributed by atoms with Gasteiger partial charge in [-0.1, -0.05) is 22.9 Å². The average molecular weight is 350 g/mol. The number of nitrogens with zero attached hydrogens (tertiary/aromatic N) is 2. The zero-order valence-corrected chi connectivity index (χ0v) is 12.9. The van der Waals surface area contributed by atoms with Gasteiger partial charge in [-0.25, -0.2) is 9.97 Å². The lowest BCUT2D eigenvalue weighted by atomic mass is 10.2. The maximum absolute atomic E-state index is 12.0. The van der Waals surface area contributed by atoms with Crippen molar-refractivity contribution >= 4 is 31.4 Å². The second kappa shape index (κ2) is 7.81. The van der Waals surface area contributed by atoms with Crippen molar-refractivity contribution < 1.29 is 17.9 Å². The third-order valence-corrected chi connectivity index (χ3v) is 5.83. The fourth-order valence-corrected chi connectivity index (χ4v) is 4.51. The molecular formula is C12H9F3N2OS3. The summed E-state index contributed by atoms with van der Waals surface area (Å²) in [4.78, 5) is 8.13. The van der Waals surface area contributed by atoms with Crippen molar-refractivity contribution in [1.82, 2.24) is 9.97 Å². The minimum absolute atomic E-state index is 0.212. The van der Waals surface area contributed by atoms with Gasteiger partial charge in [0.2, 0.25) is 0 Å². The van der Waals surface area contributed by atoms with Gasteiger partial charge >= 0.3 is 6.36 Å². The van der Waals surface area contributed by atoms with Gasteiger partial charge in [-0.2, -0.15) is 0 Å². The maximum Gasteiger partial charge on any atom is 0.573 e. The Bertz CT molecular complexity index is 552. The van der Waals surface area contributed by atoms with Crippen molar-refractivity contribution in [3.63, 3.8) is 0 Å². The molecule has 0 radical (unpaired) electrons. The van der Waals surface area contributed by atoms with Crippen LogP contribution >= 0.6 is 31.4 Å². The summed E-state index contributed by atoms with van der Waals surface area (Å²) in [5.41, 5.74) is 0.914. The summed E-state index contributed by atoms with van der Waals surface area (Å²) in [5, 5.41) is 0.670. The molecule has 21 heavy (non-hydrogen) atoms. The summed E-state index contributed by atoms with van der Waals surface area (Å²) in [7, 11) is 4.50. The normalized spacial score (nSPS) is 11.4. The molecule has 0 N–H and O–H groups in total. The van der Waals surface area contributed by atoms with Gasteiger partial charge in [0.15, 0.2) is 5.16 Å². The van der Waals surface area contributed by atoms with Crippen molar-refractivity contribution in [2.75, 3.05) is 0 Å². The first-order chi connectivity index (χ1) is 10.0. The number of hydrogen-bond donors (Lipinski definition) is 0. The average Bonchev–Trinajstić information content (AvgIpc) is 2.45. The van der Waals surface area contributed by atoms with Crippen molar-refractivity contribution in [2.45, 2.75) is 17.3 Å². The van der Waals surface area contributed by atoms with Gasteiger partial charge in [-0.05, 0) is 44.4 Å². The Kier molecular flexibility index (Phi) is 6.07. The van der Waals surface area contributed by atoms with Gasteiger partial charge < -0.3 is 4.74 Å². The highest BCUT2D eigenvalue weighted by molar-refractivity contribution is 9.09. The Morgan fingerprint density at radius 2 is 1.71 bits per heavy atom. The molecule has 1 heterocycles. The van der Waals surface area contributed by atoms with E-state index < -0.39 is 6.36 Å². The quantitative estimate of drug-likeness (QED) is 0.416. The molecule has 0 saturated carbocycles. The Balaban J connectivity index is 1.74. The Labute approximate surface area is 130 Å². The second-order valence-corrected chi connectivity index (χ2v) is 7.67. The van der Waals surface area contributed by atoms with Crippen LogP contribution in [-0.2, 0) is 5.75 Å². The third-order valence-electron chi connectivity index (χ3n) is 2.08.